The molecule has 6 heteroatoms. The molecule has 0 atom stereocenters. The summed E-state index contributed by atoms with van der Waals surface area (Å²) in [5.41, 5.74) is 0. The molecule has 0 saturated heterocycles. The molecular weight excluding hydrogens is 228 g/mol. The normalized spacial score (nSPS) is 13.1. The molecule has 0 heterocycles. The summed E-state index contributed by atoms with van der Waals surface area (Å²) in [4.78, 5) is 0. The molecule has 0 aliphatic heterocycles. The third-order valence-corrected chi connectivity index (χ3v) is 2.00. The van der Waals surface area contributed by atoms with Gasteiger partial charge in [0.1, 0.15) is 0 Å². The average molecular weight is 252 g/mol. The minimum atomic E-state index is -2.10. The predicted octanol–water partition coefficient (Wildman–Crippen LogP) is 1.08. The summed E-state index contributed by atoms with van der Waals surface area (Å²) in [6.45, 7) is 7.96. The summed E-state index contributed by atoms with van der Waals surface area (Å²) in [5, 5.41) is 10.4. The highest BCUT2D eigenvalue weighted by atomic mass is 17.0. The van der Waals surface area contributed by atoms with E-state index < -0.39 is 11.9 Å². The molecule has 0 radical (unpaired) electrons. The second-order valence-electron chi connectivity index (χ2n) is 3.07. The number of hydrogen-bond donors (Lipinski definition) is 1. The molecule has 0 aromatic heterocycles. The highest BCUT2D eigenvalue weighted by Crippen LogP contribution is 2.31. The van der Waals surface area contributed by atoms with E-state index in [0.717, 1.165) is 0 Å². The maximum Gasteiger partial charge on any atom is 0.369 e. The van der Waals surface area contributed by atoms with E-state index in [2.05, 4.69) is 0 Å². The summed E-state index contributed by atoms with van der Waals surface area (Å²) in [6.07, 6.45) is 0. The molecule has 0 aliphatic rings. The van der Waals surface area contributed by atoms with E-state index in [1.807, 2.05) is 0 Å². The van der Waals surface area contributed by atoms with Gasteiger partial charge in [-0.3, -0.25) is 0 Å². The lowest BCUT2D eigenvalue weighted by Crippen LogP contribution is -2.62. The van der Waals surface area contributed by atoms with Crippen LogP contribution in [0, 0.1) is 0 Å². The van der Waals surface area contributed by atoms with E-state index >= 15 is 0 Å². The van der Waals surface area contributed by atoms with Crippen LogP contribution < -0.4 is 0 Å². The van der Waals surface area contributed by atoms with Crippen molar-refractivity contribution in [3.05, 3.63) is 0 Å². The van der Waals surface area contributed by atoms with E-state index in [1.54, 1.807) is 27.7 Å². The first-order chi connectivity index (χ1) is 8.05. The van der Waals surface area contributed by atoms with Crippen LogP contribution in [0.2, 0.25) is 0 Å². The van der Waals surface area contributed by atoms with Gasteiger partial charge < -0.3 is 28.8 Å². The summed E-state index contributed by atoms with van der Waals surface area (Å²) in [7, 11) is 1.36. The van der Waals surface area contributed by atoms with Gasteiger partial charge in [0.2, 0.25) is 0 Å². The quantitative estimate of drug-likeness (QED) is 0.587. The Bertz CT molecular complexity index is 184. The van der Waals surface area contributed by atoms with Crippen LogP contribution in [-0.4, -0.2) is 50.6 Å². The Labute approximate surface area is 103 Å². The van der Waals surface area contributed by atoms with Crippen LogP contribution in [0.3, 0.4) is 0 Å². The van der Waals surface area contributed by atoms with E-state index in [0.29, 0.717) is 0 Å². The van der Waals surface area contributed by atoms with Crippen LogP contribution in [0.15, 0.2) is 0 Å². The van der Waals surface area contributed by atoms with Crippen molar-refractivity contribution in [1.82, 2.24) is 0 Å². The largest absolute Gasteiger partial charge is 0.369 e. The van der Waals surface area contributed by atoms with Crippen LogP contribution in [0.1, 0.15) is 27.7 Å². The standard InChI is InChI=1S/C11H24O6/c1-6-14-10(12,15-7-2)11(13-5,16-8-3)17-9-4/h12H,6-9H2,1-5H3. The van der Waals surface area contributed by atoms with Crippen LogP contribution in [0.4, 0.5) is 0 Å². The highest BCUT2D eigenvalue weighted by molar-refractivity contribution is 4.71. The number of methoxy groups -OCH3 is 1. The Kier molecular flexibility index (Phi) is 7.85. The van der Waals surface area contributed by atoms with Crippen molar-refractivity contribution < 1.29 is 28.8 Å². The van der Waals surface area contributed by atoms with Crippen molar-refractivity contribution in [2.45, 2.75) is 39.6 Å². The third kappa shape index (κ3) is 3.87. The van der Waals surface area contributed by atoms with Crippen LogP contribution >= 0.6 is 0 Å². The first kappa shape index (κ1) is 16.8. The Balaban J connectivity index is 5.15. The topological polar surface area (TPSA) is 66.4 Å². The summed E-state index contributed by atoms with van der Waals surface area (Å²) in [6, 6.07) is 0. The van der Waals surface area contributed by atoms with E-state index in [9.17, 15) is 5.11 Å². The van der Waals surface area contributed by atoms with Crippen molar-refractivity contribution in [3.63, 3.8) is 0 Å². The van der Waals surface area contributed by atoms with Gasteiger partial charge in [0, 0.05) is 33.5 Å². The summed E-state index contributed by atoms with van der Waals surface area (Å²) >= 11 is 0. The van der Waals surface area contributed by atoms with Crippen molar-refractivity contribution in [2.75, 3.05) is 33.5 Å². The van der Waals surface area contributed by atoms with Gasteiger partial charge in [-0.25, -0.2) is 0 Å². The summed E-state index contributed by atoms with van der Waals surface area (Å²) < 4.78 is 26.2. The average Bonchev–Trinajstić information content (AvgIpc) is 2.29. The monoisotopic (exact) mass is 252 g/mol. The first-order valence-electron chi connectivity index (χ1n) is 5.89. The maximum absolute atomic E-state index is 10.4. The first-order valence-corrected chi connectivity index (χ1v) is 5.89. The molecule has 0 rings (SSSR count). The van der Waals surface area contributed by atoms with Gasteiger partial charge in [0.25, 0.3) is 0 Å². The molecule has 0 amide bonds. The Morgan fingerprint density at radius 1 is 0.765 bits per heavy atom. The van der Waals surface area contributed by atoms with Crippen molar-refractivity contribution in [2.24, 2.45) is 0 Å². The molecule has 6 nitrogen and oxygen atoms in total. The Hall–Kier alpha value is -0.240. The fraction of sp³-hybridized carbons (Fsp3) is 1.00. The number of hydrogen-bond acceptors (Lipinski definition) is 6. The number of aliphatic hydroxyl groups is 1. The molecule has 0 aromatic carbocycles. The number of rotatable bonds is 10. The molecule has 0 unspecified atom stereocenters. The fourth-order valence-electron chi connectivity index (χ4n) is 1.46. The predicted molar refractivity (Wildman–Crippen MR) is 61.2 cm³/mol. The zero-order valence-corrected chi connectivity index (χ0v) is 11.3. The SMILES string of the molecule is CCOC(O)(OCC)C(OC)(OCC)OCC. The smallest absolute Gasteiger partial charge is 0.337 e. The van der Waals surface area contributed by atoms with E-state index in [4.69, 9.17) is 23.7 Å². The summed E-state index contributed by atoms with van der Waals surface area (Å²) in [5.74, 6) is -3.89. The molecule has 0 saturated carbocycles. The molecule has 0 bridgehead atoms. The van der Waals surface area contributed by atoms with E-state index in [1.165, 1.54) is 7.11 Å². The second kappa shape index (κ2) is 7.97. The zero-order chi connectivity index (χ0) is 13.4. The lowest BCUT2D eigenvalue weighted by Gasteiger charge is -2.41. The minimum absolute atomic E-state index is 0.224. The molecule has 104 valence electrons. The van der Waals surface area contributed by atoms with Gasteiger partial charge in [-0.15, -0.1) is 0 Å². The maximum atomic E-state index is 10.4. The Morgan fingerprint density at radius 2 is 1.12 bits per heavy atom. The van der Waals surface area contributed by atoms with Gasteiger partial charge >= 0.3 is 11.9 Å². The third-order valence-electron chi connectivity index (χ3n) is 2.00. The highest BCUT2D eigenvalue weighted by Gasteiger charge is 2.57. The van der Waals surface area contributed by atoms with Crippen molar-refractivity contribution in [1.29, 1.82) is 0 Å². The lowest BCUT2D eigenvalue weighted by atomic mass is 10.4. The minimum Gasteiger partial charge on any atom is -0.337 e. The van der Waals surface area contributed by atoms with Crippen LogP contribution in [0.5, 0.6) is 0 Å². The van der Waals surface area contributed by atoms with Gasteiger partial charge in [-0.05, 0) is 27.7 Å². The van der Waals surface area contributed by atoms with Crippen molar-refractivity contribution >= 4 is 0 Å². The van der Waals surface area contributed by atoms with E-state index in [-0.39, 0.29) is 26.4 Å². The van der Waals surface area contributed by atoms with Gasteiger partial charge in [-0.1, -0.05) is 0 Å². The van der Waals surface area contributed by atoms with Crippen LogP contribution in [-0.2, 0) is 23.7 Å². The van der Waals surface area contributed by atoms with Gasteiger partial charge in [0.15, 0.2) is 0 Å². The molecule has 1 N–H and O–H groups in total. The second-order valence-corrected chi connectivity index (χ2v) is 3.07. The fourth-order valence-corrected chi connectivity index (χ4v) is 1.46. The Morgan fingerprint density at radius 3 is 1.35 bits per heavy atom. The zero-order valence-electron chi connectivity index (χ0n) is 11.3. The molecule has 0 fully saturated rings. The molecule has 17 heavy (non-hydrogen) atoms. The molecule has 0 aliphatic carbocycles. The van der Waals surface area contributed by atoms with Gasteiger partial charge in [0.05, 0.1) is 0 Å². The van der Waals surface area contributed by atoms with Crippen LogP contribution in [0.25, 0.3) is 0 Å². The lowest BCUT2D eigenvalue weighted by molar-refractivity contribution is -0.548. The molecular formula is C11H24O6. The van der Waals surface area contributed by atoms with Crippen molar-refractivity contribution in [3.8, 4) is 0 Å². The number of ether oxygens (including phenoxy) is 5. The van der Waals surface area contributed by atoms with Gasteiger partial charge in [-0.2, -0.15) is 0 Å². The molecule has 0 spiro atoms. The molecule has 0 aromatic rings.